The third-order valence-corrected chi connectivity index (χ3v) is 6.34. The Kier molecular flexibility index (Phi) is 10.9. The minimum absolute atomic E-state index is 0.110. The highest BCUT2D eigenvalue weighted by molar-refractivity contribution is 5.83. The number of rotatable bonds is 14. The quantitative estimate of drug-likeness (QED) is 0.173. The number of benzene rings is 3. The maximum Gasteiger partial charge on any atom is 0.306 e. The summed E-state index contributed by atoms with van der Waals surface area (Å²) in [4.78, 5) is 12.2. The molecule has 3 rings (SSSR count). The fourth-order valence-corrected chi connectivity index (χ4v) is 4.21. The lowest BCUT2D eigenvalue weighted by Gasteiger charge is -2.15. The second-order valence-corrected chi connectivity index (χ2v) is 9.19. The van der Waals surface area contributed by atoms with Crippen molar-refractivity contribution in [3.05, 3.63) is 78.4 Å². The standard InChI is InChI=1S/C32H40O3/c1-4-6-8-9-15-32(33)35-25(3)26-16-18-27(19-17-26)30-13-10-11-14-31(30)28-20-22-29(23-21-28)34-24-12-7-5-2/h10-11,13-14,16-23,25H,4-9,12,15,24H2,1-3H3. The van der Waals surface area contributed by atoms with E-state index in [0.29, 0.717) is 6.42 Å². The van der Waals surface area contributed by atoms with Crippen molar-refractivity contribution in [1.29, 1.82) is 0 Å². The summed E-state index contributed by atoms with van der Waals surface area (Å²) in [6.07, 6.45) is 8.06. The van der Waals surface area contributed by atoms with Crippen LogP contribution in [0.5, 0.6) is 5.75 Å². The van der Waals surface area contributed by atoms with Crippen LogP contribution in [0.15, 0.2) is 72.8 Å². The fourth-order valence-electron chi connectivity index (χ4n) is 4.21. The second-order valence-electron chi connectivity index (χ2n) is 9.19. The Bertz CT molecular complexity index is 1020. The van der Waals surface area contributed by atoms with Crippen molar-refractivity contribution in [1.82, 2.24) is 0 Å². The van der Waals surface area contributed by atoms with E-state index < -0.39 is 0 Å². The van der Waals surface area contributed by atoms with Crippen LogP contribution in [0.25, 0.3) is 22.3 Å². The topological polar surface area (TPSA) is 35.5 Å². The molecular weight excluding hydrogens is 432 g/mol. The monoisotopic (exact) mass is 472 g/mol. The first-order chi connectivity index (χ1) is 17.1. The predicted molar refractivity (Wildman–Crippen MR) is 146 cm³/mol. The van der Waals surface area contributed by atoms with Crippen LogP contribution in [-0.4, -0.2) is 12.6 Å². The molecule has 0 aliphatic carbocycles. The Hall–Kier alpha value is -3.07. The van der Waals surface area contributed by atoms with Crippen molar-refractivity contribution in [2.45, 2.75) is 78.2 Å². The first-order valence-corrected chi connectivity index (χ1v) is 13.2. The van der Waals surface area contributed by atoms with E-state index in [0.717, 1.165) is 48.3 Å². The molecule has 0 aliphatic rings. The van der Waals surface area contributed by atoms with Gasteiger partial charge in [-0.1, -0.05) is 107 Å². The molecule has 186 valence electrons. The Morgan fingerprint density at radius 1 is 0.714 bits per heavy atom. The largest absolute Gasteiger partial charge is 0.494 e. The molecule has 0 saturated heterocycles. The van der Waals surface area contributed by atoms with Crippen LogP contribution in [-0.2, 0) is 9.53 Å². The number of carbonyl (C=O) groups is 1. The molecule has 0 N–H and O–H groups in total. The molecule has 0 fully saturated rings. The molecule has 0 amide bonds. The second kappa shape index (κ2) is 14.4. The van der Waals surface area contributed by atoms with Gasteiger partial charge in [0.15, 0.2) is 0 Å². The molecule has 0 spiro atoms. The van der Waals surface area contributed by atoms with Gasteiger partial charge in [-0.25, -0.2) is 0 Å². The minimum atomic E-state index is -0.247. The summed E-state index contributed by atoms with van der Waals surface area (Å²) in [6.45, 7) is 7.08. The molecule has 3 aromatic carbocycles. The average molecular weight is 473 g/mol. The number of hydrogen-bond acceptors (Lipinski definition) is 3. The third-order valence-electron chi connectivity index (χ3n) is 6.34. The molecule has 0 radical (unpaired) electrons. The highest BCUT2D eigenvalue weighted by Crippen LogP contribution is 2.33. The Labute approximate surface area is 211 Å². The maximum absolute atomic E-state index is 12.2. The SMILES string of the molecule is CCCCCCC(=O)OC(C)c1ccc(-c2ccccc2-c2ccc(OCCCCC)cc2)cc1. The van der Waals surface area contributed by atoms with Gasteiger partial charge in [0.2, 0.25) is 0 Å². The van der Waals surface area contributed by atoms with Gasteiger partial charge in [-0.3, -0.25) is 4.79 Å². The van der Waals surface area contributed by atoms with Gasteiger partial charge >= 0.3 is 5.97 Å². The lowest BCUT2D eigenvalue weighted by atomic mass is 9.94. The molecule has 0 heterocycles. The molecule has 3 nitrogen and oxygen atoms in total. The van der Waals surface area contributed by atoms with Crippen LogP contribution in [0.3, 0.4) is 0 Å². The summed E-state index contributed by atoms with van der Waals surface area (Å²) in [5.74, 6) is 0.807. The van der Waals surface area contributed by atoms with Gasteiger partial charge in [0.25, 0.3) is 0 Å². The highest BCUT2D eigenvalue weighted by Gasteiger charge is 2.13. The normalized spacial score (nSPS) is 11.7. The van der Waals surface area contributed by atoms with Crippen LogP contribution < -0.4 is 4.74 Å². The van der Waals surface area contributed by atoms with Gasteiger partial charge in [0.05, 0.1) is 6.61 Å². The zero-order chi connectivity index (χ0) is 24.9. The van der Waals surface area contributed by atoms with Crippen molar-refractivity contribution >= 4 is 5.97 Å². The summed E-state index contributed by atoms with van der Waals surface area (Å²) in [5, 5.41) is 0. The lowest BCUT2D eigenvalue weighted by molar-refractivity contribution is -0.148. The van der Waals surface area contributed by atoms with E-state index in [1.807, 2.05) is 6.92 Å². The van der Waals surface area contributed by atoms with Gasteiger partial charge in [-0.05, 0) is 59.7 Å². The van der Waals surface area contributed by atoms with Crippen LogP contribution >= 0.6 is 0 Å². The van der Waals surface area contributed by atoms with E-state index in [1.165, 1.54) is 36.8 Å². The molecule has 0 aromatic heterocycles. The predicted octanol–water partition coefficient (Wildman–Crippen LogP) is 9.16. The van der Waals surface area contributed by atoms with Gasteiger partial charge in [-0.2, -0.15) is 0 Å². The first-order valence-electron chi connectivity index (χ1n) is 13.2. The molecule has 3 heteroatoms. The summed E-state index contributed by atoms with van der Waals surface area (Å²) in [6, 6.07) is 25.2. The van der Waals surface area contributed by atoms with E-state index in [2.05, 4.69) is 86.6 Å². The molecule has 3 aromatic rings. The maximum atomic E-state index is 12.2. The van der Waals surface area contributed by atoms with Crippen LogP contribution in [0, 0.1) is 0 Å². The van der Waals surface area contributed by atoms with Crippen molar-refractivity contribution in [3.63, 3.8) is 0 Å². The molecule has 1 atom stereocenters. The van der Waals surface area contributed by atoms with Gasteiger partial charge in [0, 0.05) is 6.42 Å². The van der Waals surface area contributed by atoms with Gasteiger partial charge in [0.1, 0.15) is 11.9 Å². The third kappa shape index (κ3) is 8.28. The van der Waals surface area contributed by atoms with Gasteiger partial charge in [-0.15, -0.1) is 0 Å². The zero-order valence-electron chi connectivity index (χ0n) is 21.6. The first kappa shape index (κ1) is 26.5. The summed E-state index contributed by atoms with van der Waals surface area (Å²) < 4.78 is 11.5. The van der Waals surface area contributed by atoms with E-state index in [-0.39, 0.29) is 12.1 Å². The summed E-state index contributed by atoms with van der Waals surface area (Å²) >= 11 is 0. The Morgan fingerprint density at radius 2 is 1.29 bits per heavy atom. The van der Waals surface area contributed by atoms with Gasteiger partial charge < -0.3 is 9.47 Å². The molecular formula is C32H40O3. The number of unbranched alkanes of at least 4 members (excludes halogenated alkanes) is 5. The molecule has 0 bridgehead atoms. The lowest BCUT2D eigenvalue weighted by Crippen LogP contribution is -2.08. The molecule has 0 saturated carbocycles. The van der Waals surface area contributed by atoms with Crippen molar-refractivity contribution < 1.29 is 14.3 Å². The average Bonchev–Trinajstić information content (AvgIpc) is 2.89. The van der Waals surface area contributed by atoms with Crippen molar-refractivity contribution in [2.75, 3.05) is 6.61 Å². The highest BCUT2D eigenvalue weighted by atomic mass is 16.5. The van der Waals surface area contributed by atoms with Crippen LogP contribution in [0.2, 0.25) is 0 Å². The van der Waals surface area contributed by atoms with E-state index in [4.69, 9.17) is 9.47 Å². The smallest absolute Gasteiger partial charge is 0.306 e. The fraction of sp³-hybridized carbons (Fsp3) is 0.406. The number of hydrogen-bond donors (Lipinski definition) is 0. The summed E-state index contributed by atoms with van der Waals surface area (Å²) in [7, 11) is 0. The minimum Gasteiger partial charge on any atom is -0.494 e. The Balaban J connectivity index is 1.65. The molecule has 1 unspecified atom stereocenters. The van der Waals surface area contributed by atoms with Crippen LogP contribution in [0.1, 0.15) is 83.8 Å². The number of ether oxygens (including phenoxy) is 2. The number of esters is 1. The Morgan fingerprint density at radius 3 is 1.89 bits per heavy atom. The van der Waals surface area contributed by atoms with Crippen molar-refractivity contribution in [3.8, 4) is 28.0 Å². The van der Waals surface area contributed by atoms with Crippen molar-refractivity contribution in [2.24, 2.45) is 0 Å². The molecule has 0 aliphatic heterocycles. The zero-order valence-corrected chi connectivity index (χ0v) is 21.6. The molecule has 35 heavy (non-hydrogen) atoms. The van der Waals surface area contributed by atoms with Crippen LogP contribution in [0.4, 0.5) is 0 Å². The van der Waals surface area contributed by atoms with E-state index >= 15 is 0 Å². The summed E-state index contributed by atoms with van der Waals surface area (Å²) in [5.41, 5.74) is 5.68. The van der Waals surface area contributed by atoms with E-state index in [9.17, 15) is 4.79 Å². The number of carbonyl (C=O) groups excluding carboxylic acids is 1. The van der Waals surface area contributed by atoms with E-state index in [1.54, 1.807) is 0 Å².